The van der Waals surface area contributed by atoms with Gasteiger partial charge in [0.15, 0.2) is 5.82 Å². The number of methoxy groups -OCH3 is 1. The van der Waals surface area contributed by atoms with Crippen molar-refractivity contribution in [3.8, 4) is 0 Å². The molecule has 1 aromatic rings. The zero-order valence-corrected chi connectivity index (χ0v) is 10.9. The summed E-state index contributed by atoms with van der Waals surface area (Å²) in [4.78, 5) is 8.44. The molecule has 1 atom stereocenters. The summed E-state index contributed by atoms with van der Waals surface area (Å²) in [6.07, 6.45) is 3.53. The van der Waals surface area contributed by atoms with Gasteiger partial charge in [0.25, 0.3) is 0 Å². The van der Waals surface area contributed by atoms with Crippen LogP contribution in [0.2, 0.25) is 0 Å². The van der Waals surface area contributed by atoms with Crippen molar-refractivity contribution in [3.05, 3.63) is 11.9 Å². The van der Waals surface area contributed by atoms with E-state index in [-0.39, 0.29) is 0 Å². The van der Waals surface area contributed by atoms with Gasteiger partial charge in [0.1, 0.15) is 18.2 Å². The number of unbranched alkanes of at least 4 members (excludes halogenated alkanes) is 1. The second-order valence-corrected chi connectivity index (χ2v) is 4.21. The van der Waals surface area contributed by atoms with E-state index in [0.29, 0.717) is 24.3 Å². The van der Waals surface area contributed by atoms with Gasteiger partial charge < -0.3 is 15.8 Å². The Labute approximate surface area is 103 Å². The summed E-state index contributed by atoms with van der Waals surface area (Å²) >= 11 is 0. The van der Waals surface area contributed by atoms with Crippen molar-refractivity contribution in [1.82, 2.24) is 9.97 Å². The van der Waals surface area contributed by atoms with Crippen LogP contribution in [0.1, 0.15) is 38.9 Å². The van der Waals surface area contributed by atoms with Crippen LogP contribution in [-0.2, 0) is 11.3 Å². The number of nitrogen functional groups attached to an aromatic ring is 1. The van der Waals surface area contributed by atoms with E-state index >= 15 is 0 Å². The normalized spacial score (nSPS) is 12.4. The topological polar surface area (TPSA) is 73.1 Å². The van der Waals surface area contributed by atoms with E-state index < -0.39 is 0 Å². The van der Waals surface area contributed by atoms with Crippen LogP contribution in [-0.4, -0.2) is 23.1 Å². The Kier molecular flexibility index (Phi) is 5.69. The molecule has 0 aliphatic heterocycles. The minimum atomic E-state index is 0.378. The Hall–Kier alpha value is -1.36. The maximum absolute atomic E-state index is 5.72. The highest BCUT2D eigenvalue weighted by atomic mass is 16.5. The molecule has 0 bridgehead atoms. The number of rotatable bonds is 7. The second-order valence-electron chi connectivity index (χ2n) is 4.21. The van der Waals surface area contributed by atoms with Gasteiger partial charge in [-0.1, -0.05) is 19.8 Å². The second kappa shape index (κ2) is 7.06. The molecule has 0 amide bonds. The molecule has 0 radical (unpaired) electrons. The number of anilines is 2. The molecule has 1 rings (SSSR count). The van der Waals surface area contributed by atoms with Crippen molar-refractivity contribution in [1.29, 1.82) is 0 Å². The van der Waals surface area contributed by atoms with Crippen molar-refractivity contribution in [2.24, 2.45) is 0 Å². The summed E-state index contributed by atoms with van der Waals surface area (Å²) in [5.41, 5.74) is 5.72. The molecule has 5 heteroatoms. The SMILES string of the molecule is CCCCC(C)Nc1cc(N)nc(COC)n1. The lowest BCUT2D eigenvalue weighted by molar-refractivity contribution is 0.178. The molecule has 3 N–H and O–H groups in total. The predicted octanol–water partition coefficient (Wildman–Crippen LogP) is 2.20. The Morgan fingerprint density at radius 2 is 2.24 bits per heavy atom. The van der Waals surface area contributed by atoms with Gasteiger partial charge in [0.2, 0.25) is 0 Å². The lowest BCUT2D eigenvalue weighted by Crippen LogP contribution is -2.17. The van der Waals surface area contributed by atoms with Crippen LogP contribution < -0.4 is 11.1 Å². The summed E-state index contributed by atoms with van der Waals surface area (Å²) in [5.74, 6) is 1.85. The minimum absolute atomic E-state index is 0.378. The first kappa shape index (κ1) is 13.7. The first-order chi connectivity index (χ1) is 8.15. The Bertz CT molecular complexity index is 343. The molecule has 0 fully saturated rings. The Balaban J connectivity index is 2.63. The molecule has 0 aliphatic carbocycles. The predicted molar refractivity (Wildman–Crippen MR) is 69.8 cm³/mol. The van der Waals surface area contributed by atoms with Gasteiger partial charge in [0.05, 0.1) is 0 Å². The molecule has 0 spiro atoms. The number of nitrogens with two attached hydrogens (primary N) is 1. The summed E-state index contributed by atoms with van der Waals surface area (Å²) in [7, 11) is 1.61. The highest BCUT2D eigenvalue weighted by Crippen LogP contribution is 2.12. The highest BCUT2D eigenvalue weighted by Gasteiger charge is 2.06. The van der Waals surface area contributed by atoms with Gasteiger partial charge >= 0.3 is 0 Å². The highest BCUT2D eigenvalue weighted by molar-refractivity contribution is 5.45. The number of hydrogen-bond acceptors (Lipinski definition) is 5. The average molecular weight is 238 g/mol. The Morgan fingerprint density at radius 1 is 1.47 bits per heavy atom. The summed E-state index contributed by atoms with van der Waals surface area (Å²) < 4.78 is 5.00. The maximum Gasteiger partial charge on any atom is 0.158 e. The van der Waals surface area contributed by atoms with E-state index in [1.54, 1.807) is 13.2 Å². The zero-order chi connectivity index (χ0) is 12.7. The van der Waals surface area contributed by atoms with Crippen LogP contribution in [0.5, 0.6) is 0 Å². The summed E-state index contributed by atoms with van der Waals surface area (Å²) in [6.45, 7) is 4.71. The van der Waals surface area contributed by atoms with Gasteiger partial charge in [0, 0.05) is 19.2 Å². The van der Waals surface area contributed by atoms with Gasteiger partial charge in [-0.25, -0.2) is 9.97 Å². The monoisotopic (exact) mass is 238 g/mol. The molecule has 0 aliphatic rings. The number of hydrogen-bond donors (Lipinski definition) is 2. The van der Waals surface area contributed by atoms with E-state index in [4.69, 9.17) is 10.5 Å². The number of aromatic nitrogens is 2. The van der Waals surface area contributed by atoms with Crippen LogP contribution in [0, 0.1) is 0 Å². The molecular weight excluding hydrogens is 216 g/mol. The van der Waals surface area contributed by atoms with Gasteiger partial charge in [-0.3, -0.25) is 0 Å². The van der Waals surface area contributed by atoms with Crippen LogP contribution in [0.4, 0.5) is 11.6 Å². The van der Waals surface area contributed by atoms with Crippen LogP contribution in [0.15, 0.2) is 6.07 Å². The van der Waals surface area contributed by atoms with E-state index in [1.165, 1.54) is 12.8 Å². The van der Waals surface area contributed by atoms with Crippen LogP contribution in [0.3, 0.4) is 0 Å². The van der Waals surface area contributed by atoms with Crippen LogP contribution in [0.25, 0.3) is 0 Å². The van der Waals surface area contributed by atoms with Crippen LogP contribution >= 0.6 is 0 Å². The molecule has 0 saturated heterocycles. The van der Waals surface area contributed by atoms with E-state index in [1.807, 2.05) is 0 Å². The van der Waals surface area contributed by atoms with Gasteiger partial charge in [-0.2, -0.15) is 0 Å². The fourth-order valence-electron chi connectivity index (χ4n) is 1.62. The average Bonchev–Trinajstić information content (AvgIpc) is 2.26. The number of ether oxygens (including phenoxy) is 1. The lowest BCUT2D eigenvalue weighted by Gasteiger charge is -2.14. The fraction of sp³-hybridized carbons (Fsp3) is 0.667. The molecule has 1 heterocycles. The zero-order valence-electron chi connectivity index (χ0n) is 10.9. The molecule has 0 saturated carbocycles. The quantitative estimate of drug-likeness (QED) is 0.761. The lowest BCUT2D eigenvalue weighted by atomic mass is 10.1. The third-order valence-corrected chi connectivity index (χ3v) is 2.45. The molecule has 0 aromatic carbocycles. The first-order valence-electron chi connectivity index (χ1n) is 6.04. The largest absolute Gasteiger partial charge is 0.384 e. The third-order valence-electron chi connectivity index (χ3n) is 2.45. The van der Waals surface area contributed by atoms with Gasteiger partial charge in [-0.05, 0) is 13.3 Å². The standard InChI is InChI=1S/C12H22N4O/c1-4-5-6-9(2)14-11-7-10(13)15-12(16-11)8-17-3/h7,9H,4-6,8H2,1-3H3,(H3,13,14,15,16). The Morgan fingerprint density at radius 3 is 2.88 bits per heavy atom. The van der Waals surface area contributed by atoms with Crippen molar-refractivity contribution < 1.29 is 4.74 Å². The summed E-state index contributed by atoms with van der Waals surface area (Å²) in [5, 5.41) is 3.33. The van der Waals surface area contributed by atoms with Crippen molar-refractivity contribution in [3.63, 3.8) is 0 Å². The third kappa shape index (κ3) is 4.99. The van der Waals surface area contributed by atoms with Crippen molar-refractivity contribution in [2.75, 3.05) is 18.2 Å². The van der Waals surface area contributed by atoms with E-state index in [0.717, 1.165) is 12.2 Å². The molecular formula is C12H22N4O. The van der Waals surface area contributed by atoms with E-state index in [2.05, 4.69) is 29.1 Å². The number of nitrogens with one attached hydrogen (secondary N) is 1. The van der Waals surface area contributed by atoms with Crippen molar-refractivity contribution in [2.45, 2.75) is 45.8 Å². The first-order valence-corrected chi connectivity index (χ1v) is 6.04. The summed E-state index contributed by atoms with van der Waals surface area (Å²) in [6, 6.07) is 2.14. The molecule has 1 aromatic heterocycles. The van der Waals surface area contributed by atoms with Gasteiger partial charge in [-0.15, -0.1) is 0 Å². The van der Waals surface area contributed by atoms with Crippen molar-refractivity contribution >= 4 is 11.6 Å². The van der Waals surface area contributed by atoms with E-state index in [9.17, 15) is 0 Å². The smallest absolute Gasteiger partial charge is 0.158 e. The molecule has 1 unspecified atom stereocenters. The number of nitrogens with zero attached hydrogens (tertiary/aromatic N) is 2. The fourth-order valence-corrected chi connectivity index (χ4v) is 1.62. The molecule has 5 nitrogen and oxygen atoms in total. The maximum atomic E-state index is 5.72. The molecule has 17 heavy (non-hydrogen) atoms. The minimum Gasteiger partial charge on any atom is -0.384 e. The molecule has 96 valence electrons.